The molecule has 62 heavy (non-hydrogen) atoms. The standard InChI is InChI=1S/C59H37N3/c1-5-17-38(18-6-1)47-31-32-48(39-19-7-2-8-20-39)56-52-34-33-49(50-29-16-30-51(54(50)52)55(47)56)53-37-45(36-43-25-13-14-28-46(43)53)42-26-15-27-44(35-42)59-61-57(40-21-9-3-10-22-40)60-58(62-59)41-23-11-4-12-24-41/h1-37H. The van der Waals surface area contributed by atoms with Gasteiger partial charge in [0.2, 0.25) is 0 Å². The topological polar surface area (TPSA) is 38.7 Å². The zero-order valence-electron chi connectivity index (χ0n) is 33.7. The van der Waals surface area contributed by atoms with Gasteiger partial charge in [-0.05, 0) is 107 Å². The number of hydrogen-bond acceptors (Lipinski definition) is 3. The van der Waals surface area contributed by atoms with Crippen molar-refractivity contribution in [2.45, 2.75) is 0 Å². The second-order valence-electron chi connectivity index (χ2n) is 15.9. The van der Waals surface area contributed by atoms with Gasteiger partial charge in [0.15, 0.2) is 17.5 Å². The third-order valence-corrected chi connectivity index (χ3v) is 12.3. The van der Waals surface area contributed by atoms with E-state index in [-0.39, 0.29) is 0 Å². The molecule has 0 fully saturated rings. The SMILES string of the molecule is c1ccc(-c2nc(-c3ccccc3)nc(-c3cccc(-c4cc(-c5ccc6c7c(cccc57)-c5c(-c7ccccc7)ccc(-c7ccccc7)c5-6)c5ccccc5c4)c3)n2)cc1. The van der Waals surface area contributed by atoms with Gasteiger partial charge in [-0.1, -0.05) is 206 Å². The van der Waals surface area contributed by atoms with Crippen LogP contribution in [0.15, 0.2) is 224 Å². The van der Waals surface area contributed by atoms with Gasteiger partial charge in [0.25, 0.3) is 0 Å². The van der Waals surface area contributed by atoms with E-state index in [0.29, 0.717) is 17.5 Å². The summed E-state index contributed by atoms with van der Waals surface area (Å²) in [5, 5.41) is 4.95. The van der Waals surface area contributed by atoms with Gasteiger partial charge in [0.1, 0.15) is 0 Å². The van der Waals surface area contributed by atoms with E-state index in [2.05, 4.69) is 164 Å². The first-order valence-corrected chi connectivity index (χ1v) is 21.1. The Hall–Kier alpha value is -8.27. The number of aromatic nitrogens is 3. The molecule has 0 radical (unpaired) electrons. The van der Waals surface area contributed by atoms with Crippen molar-refractivity contribution in [1.82, 2.24) is 15.0 Å². The van der Waals surface area contributed by atoms with Crippen LogP contribution in [0, 0.1) is 0 Å². The van der Waals surface area contributed by atoms with Crippen molar-refractivity contribution in [2.24, 2.45) is 0 Å². The van der Waals surface area contributed by atoms with Crippen LogP contribution in [0.3, 0.4) is 0 Å². The number of benzene rings is 10. The van der Waals surface area contributed by atoms with E-state index in [1.165, 1.54) is 77.2 Å². The highest BCUT2D eigenvalue weighted by atomic mass is 15.0. The number of hydrogen-bond donors (Lipinski definition) is 0. The van der Waals surface area contributed by atoms with E-state index >= 15 is 0 Å². The molecule has 0 N–H and O–H groups in total. The third-order valence-electron chi connectivity index (χ3n) is 12.3. The van der Waals surface area contributed by atoms with Crippen molar-refractivity contribution in [2.75, 3.05) is 0 Å². The van der Waals surface area contributed by atoms with Crippen LogP contribution < -0.4 is 0 Å². The lowest BCUT2D eigenvalue weighted by atomic mass is 9.87. The van der Waals surface area contributed by atoms with Crippen LogP contribution in [0.1, 0.15) is 0 Å². The molecule has 1 aliphatic rings. The molecule has 3 nitrogen and oxygen atoms in total. The normalized spacial score (nSPS) is 11.5. The molecule has 11 aromatic rings. The summed E-state index contributed by atoms with van der Waals surface area (Å²) in [5.41, 5.74) is 17.6. The molecule has 288 valence electrons. The highest BCUT2D eigenvalue weighted by Crippen LogP contribution is 2.56. The number of fused-ring (bicyclic) bond motifs is 4. The van der Waals surface area contributed by atoms with Gasteiger partial charge < -0.3 is 0 Å². The van der Waals surface area contributed by atoms with Gasteiger partial charge in [0.05, 0.1) is 0 Å². The maximum atomic E-state index is 5.05. The maximum absolute atomic E-state index is 5.05. The Morgan fingerprint density at radius 2 is 0.661 bits per heavy atom. The predicted octanol–water partition coefficient (Wildman–Crippen LogP) is 15.5. The van der Waals surface area contributed by atoms with Gasteiger partial charge >= 0.3 is 0 Å². The Bertz CT molecular complexity index is 3360. The molecule has 1 aromatic heterocycles. The van der Waals surface area contributed by atoms with E-state index in [1.807, 2.05) is 60.7 Å². The van der Waals surface area contributed by atoms with Crippen molar-refractivity contribution < 1.29 is 0 Å². The van der Waals surface area contributed by atoms with E-state index in [1.54, 1.807) is 0 Å². The molecular formula is C59H37N3. The van der Waals surface area contributed by atoms with Crippen LogP contribution in [-0.2, 0) is 0 Å². The van der Waals surface area contributed by atoms with Crippen LogP contribution in [0.5, 0.6) is 0 Å². The van der Waals surface area contributed by atoms with Gasteiger partial charge in [-0.15, -0.1) is 0 Å². The predicted molar refractivity (Wildman–Crippen MR) is 257 cm³/mol. The minimum Gasteiger partial charge on any atom is -0.208 e. The number of nitrogens with zero attached hydrogens (tertiary/aromatic N) is 3. The van der Waals surface area contributed by atoms with E-state index < -0.39 is 0 Å². The fourth-order valence-electron chi connectivity index (χ4n) is 9.41. The summed E-state index contributed by atoms with van der Waals surface area (Å²) in [6.07, 6.45) is 0. The lowest BCUT2D eigenvalue weighted by Gasteiger charge is -2.16. The van der Waals surface area contributed by atoms with Crippen LogP contribution in [0.2, 0.25) is 0 Å². The van der Waals surface area contributed by atoms with Gasteiger partial charge in [-0.3, -0.25) is 0 Å². The minimum atomic E-state index is 0.636. The second kappa shape index (κ2) is 14.8. The summed E-state index contributed by atoms with van der Waals surface area (Å²) in [6.45, 7) is 0. The van der Waals surface area contributed by atoms with E-state index in [9.17, 15) is 0 Å². The van der Waals surface area contributed by atoms with E-state index in [0.717, 1.165) is 27.8 Å². The third kappa shape index (κ3) is 6.02. The Labute approximate surface area is 360 Å². The molecule has 0 unspecified atom stereocenters. The maximum Gasteiger partial charge on any atom is 0.164 e. The zero-order valence-corrected chi connectivity index (χ0v) is 33.7. The summed E-state index contributed by atoms with van der Waals surface area (Å²) in [5.74, 6) is 1.93. The smallest absolute Gasteiger partial charge is 0.164 e. The summed E-state index contributed by atoms with van der Waals surface area (Å²) >= 11 is 0. The molecule has 12 rings (SSSR count). The lowest BCUT2D eigenvalue weighted by molar-refractivity contribution is 1.07. The molecule has 0 aliphatic heterocycles. The summed E-state index contributed by atoms with van der Waals surface area (Å²) in [7, 11) is 0. The second-order valence-corrected chi connectivity index (χ2v) is 15.9. The molecule has 1 aliphatic carbocycles. The van der Waals surface area contributed by atoms with Crippen molar-refractivity contribution in [3.63, 3.8) is 0 Å². The van der Waals surface area contributed by atoms with Crippen molar-refractivity contribution in [1.29, 1.82) is 0 Å². The Morgan fingerprint density at radius 1 is 0.226 bits per heavy atom. The Balaban J connectivity index is 1.03. The minimum absolute atomic E-state index is 0.636. The number of rotatable bonds is 7. The van der Waals surface area contributed by atoms with Crippen LogP contribution in [-0.4, -0.2) is 15.0 Å². The highest BCUT2D eigenvalue weighted by Gasteiger charge is 2.29. The summed E-state index contributed by atoms with van der Waals surface area (Å²) in [6, 6.07) is 80.2. The van der Waals surface area contributed by atoms with Crippen molar-refractivity contribution in [3.05, 3.63) is 224 Å². The lowest BCUT2D eigenvalue weighted by Crippen LogP contribution is -2.00. The fraction of sp³-hybridized carbons (Fsp3) is 0. The molecule has 3 heteroatoms. The van der Waals surface area contributed by atoms with Crippen molar-refractivity contribution in [3.8, 4) is 101 Å². The molecule has 1 heterocycles. The molecular weight excluding hydrogens is 751 g/mol. The molecule has 10 aromatic carbocycles. The first-order chi connectivity index (χ1) is 30.7. The fourth-order valence-corrected chi connectivity index (χ4v) is 9.41. The van der Waals surface area contributed by atoms with Crippen LogP contribution in [0.4, 0.5) is 0 Å². The van der Waals surface area contributed by atoms with Crippen molar-refractivity contribution >= 4 is 21.5 Å². The molecule has 0 saturated heterocycles. The first-order valence-electron chi connectivity index (χ1n) is 21.1. The van der Waals surface area contributed by atoms with Gasteiger partial charge in [-0.25, -0.2) is 15.0 Å². The molecule has 0 bridgehead atoms. The van der Waals surface area contributed by atoms with Crippen LogP contribution in [0.25, 0.3) is 122 Å². The molecule has 0 amide bonds. The summed E-state index contributed by atoms with van der Waals surface area (Å²) in [4.78, 5) is 15.0. The van der Waals surface area contributed by atoms with E-state index in [4.69, 9.17) is 15.0 Å². The van der Waals surface area contributed by atoms with Gasteiger partial charge in [-0.2, -0.15) is 0 Å². The first kappa shape index (κ1) is 35.7. The zero-order chi connectivity index (χ0) is 41.0. The largest absolute Gasteiger partial charge is 0.208 e. The Morgan fingerprint density at radius 3 is 1.27 bits per heavy atom. The molecule has 0 spiro atoms. The quantitative estimate of drug-likeness (QED) is 0.161. The molecule has 0 atom stereocenters. The average Bonchev–Trinajstić information content (AvgIpc) is 3.70. The van der Waals surface area contributed by atoms with Crippen LogP contribution >= 0.6 is 0 Å². The highest BCUT2D eigenvalue weighted by molar-refractivity contribution is 6.24. The summed E-state index contributed by atoms with van der Waals surface area (Å²) < 4.78 is 0. The molecule has 0 saturated carbocycles. The average molecular weight is 788 g/mol. The monoisotopic (exact) mass is 787 g/mol. The van der Waals surface area contributed by atoms with Gasteiger partial charge in [0, 0.05) is 16.7 Å². The Kier molecular flexibility index (Phi) is 8.50.